The highest BCUT2D eigenvalue weighted by atomic mass is 14.8. The number of hydrogen-bond donors (Lipinski definition) is 0. The van der Waals surface area contributed by atoms with Gasteiger partial charge in [0.25, 0.3) is 0 Å². The minimum absolute atomic E-state index is 0.803. The molecule has 0 saturated heterocycles. The second-order valence-corrected chi connectivity index (χ2v) is 13.3. The van der Waals surface area contributed by atoms with Crippen molar-refractivity contribution in [3.8, 4) is 57.7 Å². The van der Waals surface area contributed by atoms with Gasteiger partial charge in [0.2, 0.25) is 0 Å². The van der Waals surface area contributed by atoms with Gasteiger partial charge in [-0.1, -0.05) is 172 Å². The average Bonchev–Trinajstić information content (AvgIpc) is 3.29. The molecule has 3 aromatic heterocycles. The van der Waals surface area contributed by atoms with Crippen molar-refractivity contribution in [1.29, 1.82) is 0 Å². The maximum atomic E-state index is 5.30. The van der Waals surface area contributed by atoms with Gasteiger partial charge in [0.15, 0.2) is 0 Å². The molecular weight excluding hydrogens is 679 g/mol. The molecule has 0 saturated carbocycles. The lowest BCUT2D eigenvalue weighted by molar-refractivity contribution is 1.06. The first-order chi connectivity index (χ1) is 27.7. The number of allylic oxidation sites excluding steroid dienone is 5. The van der Waals surface area contributed by atoms with E-state index in [4.69, 9.17) is 15.0 Å². The summed E-state index contributed by atoms with van der Waals surface area (Å²) < 4.78 is 0. The summed E-state index contributed by atoms with van der Waals surface area (Å²) in [6.07, 6.45) is 17.6. The highest BCUT2D eigenvalue weighted by Gasteiger charge is 2.15. The third-order valence-electron chi connectivity index (χ3n) is 9.88. The van der Waals surface area contributed by atoms with Crippen molar-refractivity contribution in [2.45, 2.75) is 27.2 Å². The van der Waals surface area contributed by atoms with Gasteiger partial charge in [-0.05, 0) is 64.6 Å². The van der Waals surface area contributed by atoms with Gasteiger partial charge in [0.05, 0.1) is 33.8 Å². The Morgan fingerprint density at radius 2 is 1.12 bits per heavy atom. The smallest absolute Gasteiger partial charge is 0.0978 e. The predicted octanol–water partition coefficient (Wildman–Crippen LogP) is 13.7. The van der Waals surface area contributed by atoms with Crippen molar-refractivity contribution in [3.63, 3.8) is 0 Å². The van der Waals surface area contributed by atoms with Crippen LogP contribution in [0.3, 0.4) is 0 Å². The van der Waals surface area contributed by atoms with Crippen molar-refractivity contribution in [3.05, 3.63) is 198 Å². The van der Waals surface area contributed by atoms with E-state index in [1.54, 1.807) is 0 Å². The lowest BCUT2D eigenvalue weighted by atomic mass is 9.96. The zero-order chi connectivity index (χ0) is 38.9. The normalized spacial score (nSPS) is 12.7. The van der Waals surface area contributed by atoms with E-state index in [-0.39, 0.29) is 0 Å². The van der Waals surface area contributed by atoms with Gasteiger partial charge in [-0.25, -0.2) is 9.97 Å². The van der Waals surface area contributed by atoms with Crippen LogP contribution in [0, 0.1) is 12.8 Å². The van der Waals surface area contributed by atoms with E-state index in [9.17, 15) is 0 Å². The molecule has 270 valence electrons. The van der Waals surface area contributed by atoms with Crippen LogP contribution in [0.1, 0.15) is 37.6 Å². The molecule has 1 aliphatic rings. The van der Waals surface area contributed by atoms with Gasteiger partial charge in [0, 0.05) is 33.9 Å². The number of aromatic nitrogens is 3. The van der Waals surface area contributed by atoms with Crippen LogP contribution in [-0.2, 0) is 6.42 Å². The second kappa shape index (κ2) is 17.3. The summed E-state index contributed by atoms with van der Waals surface area (Å²) in [7, 11) is 0. The van der Waals surface area contributed by atoms with Crippen LogP contribution < -0.4 is 0 Å². The predicted molar refractivity (Wildman–Crippen MR) is 239 cm³/mol. The van der Waals surface area contributed by atoms with E-state index < -0.39 is 0 Å². The van der Waals surface area contributed by atoms with Gasteiger partial charge >= 0.3 is 0 Å². The molecule has 0 radical (unpaired) electrons. The van der Waals surface area contributed by atoms with Crippen molar-refractivity contribution in [2.24, 2.45) is 0 Å². The number of terminal acetylenes is 1. The van der Waals surface area contributed by atoms with E-state index in [1.165, 1.54) is 16.7 Å². The molecule has 3 nitrogen and oxygen atoms in total. The Hall–Kier alpha value is -7.15. The largest absolute Gasteiger partial charge is 0.252 e. The molecule has 0 atom stereocenters. The Morgan fingerprint density at radius 3 is 1.84 bits per heavy atom. The molecule has 3 heteroatoms. The molecule has 0 fully saturated rings. The molecule has 8 aromatic rings. The van der Waals surface area contributed by atoms with Gasteiger partial charge in [-0.15, -0.1) is 12.8 Å². The minimum Gasteiger partial charge on any atom is -0.252 e. The number of hydrogen-bond acceptors (Lipinski definition) is 3. The lowest BCUT2D eigenvalue weighted by Crippen LogP contribution is -2.01. The molecule has 0 bridgehead atoms. The Balaban J connectivity index is 0.00000117. The third kappa shape index (κ3) is 7.87. The first-order valence-electron chi connectivity index (χ1n) is 19.1. The Morgan fingerprint density at radius 1 is 0.536 bits per heavy atom. The molecule has 3 heterocycles. The highest BCUT2D eigenvalue weighted by Crippen LogP contribution is 2.36. The van der Waals surface area contributed by atoms with Gasteiger partial charge in [0.1, 0.15) is 0 Å². The van der Waals surface area contributed by atoms with Crippen LogP contribution in [0.4, 0.5) is 0 Å². The van der Waals surface area contributed by atoms with E-state index in [1.807, 2.05) is 26.0 Å². The molecule has 56 heavy (non-hydrogen) atoms. The number of nitrogens with zero attached hydrogens (tertiary/aromatic N) is 3. The SMILES string of the molecule is C#C.C/C(=C\C=C1\C=Cc2ccc(-c3ccccc3)nc2C1)c1cccc(-c2ccc3ccc4c(-c5ccccc5)cc(-c5ccccc5)nc4c3n2)c1.CC. The highest BCUT2D eigenvalue weighted by molar-refractivity contribution is 6.09. The molecule has 5 aromatic carbocycles. The van der Waals surface area contributed by atoms with E-state index in [0.29, 0.717) is 0 Å². The Labute approximate surface area is 330 Å². The van der Waals surface area contributed by atoms with Crippen molar-refractivity contribution in [2.75, 3.05) is 0 Å². The monoisotopic (exact) mass is 721 g/mol. The molecule has 0 spiro atoms. The standard InChI is InChI=1S/C49H35N3.C2H6.C2H2/c1-33(20-21-34-22-23-38-25-28-44(50-46(38)30-34)36-14-7-3-8-15-36)40-18-11-19-41(31-40)45-29-26-39-24-27-42-43(35-12-5-2-6-13-35)32-47(37-16-9-4-10-17-37)52-49(42)48(39)51-45;2*1-2/h2-29,31-32H,30H2,1H3;1-2H3;1-2H/b33-20+,34-21-;;. The van der Waals surface area contributed by atoms with Crippen LogP contribution in [0.2, 0.25) is 0 Å². The van der Waals surface area contributed by atoms with E-state index in [2.05, 4.69) is 190 Å². The minimum atomic E-state index is 0.803. The van der Waals surface area contributed by atoms with E-state index in [0.717, 1.165) is 84.4 Å². The molecular formula is C53H43N3. The fourth-order valence-electron chi connectivity index (χ4n) is 7.04. The zero-order valence-corrected chi connectivity index (χ0v) is 32.0. The summed E-state index contributed by atoms with van der Waals surface area (Å²) >= 11 is 0. The topological polar surface area (TPSA) is 38.7 Å². The summed E-state index contributed by atoms with van der Waals surface area (Å²) in [4.78, 5) is 15.6. The average molecular weight is 722 g/mol. The maximum absolute atomic E-state index is 5.30. The fraction of sp³-hybridized carbons (Fsp3) is 0.0755. The molecule has 0 aliphatic heterocycles. The van der Waals surface area contributed by atoms with Crippen molar-refractivity contribution >= 4 is 33.5 Å². The van der Waals surface area contributed by atoms with Crippen LogP contribution in [0.15, 0.2) is 182 Å². The summed E-state index contributed by atoms with van der Waals surface area (Å²) in [5.74, 6) is 0. The summed E-state index contributed by atoms with van der Waals surface area (Å²) in [5.41, 5.74) is 16.2. The number of benzene rings is 5. The maximum Gasteiger partial charge on any atom is 0.0978 e. The number of rotatable bonds is 6. The van der Waals surface area contributed by atoms with Crippen LogP contribution in [0.5, 0.6) is 0 Å². The first kappa shape index (κ1) is 37.2. The summed E-state index contributed by atoms with van der Waals surface area (Å²) in [6, 6.07) is 55.1. The van der Waals surface area contributed by atoms with Crippen LogP contribution in [0.25, 0.3) is 78.4 Å². The van der Waals surface area contributed by atoms with Crippen LogP contribution >= 0.6 is 0 Å². The zero-order valence-electron chi connectivity index (χ0n) is 32.0. The fourth-order valence-corrected chi connectivity index (χ4v) is 7.04. The van der Waals surface area contributed by atoms with E-state index >= 15 is 0 Å². The van der Waals surface area contributed by atoms with Crippen molar-refractivity contribution in [1.82, 2.24) is 15.0 Å². The molecule has 0 N–H and O–H groups in total. The molecule has 0 unspecified atom stereocenters. The number of pyridine rings is 3. The quantitative estimate of drug-likeness (QED) is 0.127. The van der Waals surface area contributed by atoms with Gasteiger partial charge in [-0.2, -0.15) is 0 Å². The number of fused-ring (bicyclic) bond motifs is 4. The Kier molecular flexibility index (Phi) is 11.5. The molecule has 1 aliphatic carbocycles. The third-order valence-corrected chi connectivity index (χ3v) is 9.88. The Bertz CT molecular complexity index is 2740. The van der Waals surface area contributed by atoms with Gasteiger partial charge < -0.3 is 0 Å². The summed E-state index contributed by atoms with van der Waals surface area (Å²) in [6.45, 7) is 6.17. The first-order valence-corrected chi connectivity index (χ1v) is 19.1. The van der Waals surface area contributed by atoms with Crippen LogP contribution in [-0.4, -0.2) is 15.0 Å². The summed E-state index contributed by atoms with van der Waals surface area (Å²) in [5, 5.41) is 2.16. The van der Waals surface area contributed by atoms with Gasteiger partial charge in [-0.3, -0.25) is 4.98 Å². The van der Waals surface area contributed by atoms with Crippen molar-refractivity contribution < 1.29 is 0 Å². The lowest BCUT2D eigenvalue weighted by Gasteiger charge is -2.14. The second-order valence-electron chi connectivity index (χ2n) is 13.3. The molecule has 0 amide bonds. The molecule has 9 rings (SSSR count).